The lowest BCUT2D eigenvalue weighted by atomic mass is 9.99. The number of nitrogens with one attached hydrogen (secondary N) is 1. The summed E-state index contributed by atoms with van der Waals surface area (Å²) in [4.78, 5) is 0. The van der Waals surface area contributed by atoms with Crippen LogP contribution in [-0.2, 0) is 10.2 Å². The summed E-state index contributed by atoms with van der Waals surface area (Å²) in [6.07, 6.45) is 0.135. The average Bonchev–Trinajstić information content (AvgIpc) is 2.07. The molecule has 6 heteroatoms. The second-order valence-electron chi connectivity index (χ2n) is 4.47. The Kier molecular flexibility index (Phi) is 4.11. The first-order valence-electron chi connectivity index (χ1n) is 5.28. The Labute approximate surface area is 91.7 Å². The molecular formula is C9H20N2O3S. The van der Waals surface area contributed by atoms with Gasteiger partial charge in [-0.2, -0.15) is 17.4 Å². The van der Waals surface area contributed by atoms with Crippen molar-refractivity contribution in [1.29, 1.82) is 0 Å². The fourth-order valence-corrected chi connectivity index (χ4v) is 3.21. The lowest BCUT2D eigenvalue weighted by molar-refractivity contribution is 0.0624. The third-order valence-corrected chi connectivity index (χ3v) is 4.33. The number of hydrogen-bond acceptors (Lipinski definition) is 3. The number of hydrogen-bond donors (Lipinski definition) is 2. The standard InChI is InChI=1S/C9H20N2O3S/c1-7(2)10-15(13,14)11-5-4-9(12)8(3)6-11/h7-10,12H,4-6H2,1-3H3. The first-order valence-corrected chi connectivity index (χ1v) is 6.72. The molecule has 1 aliphatic heterocycles. The predicted molar refractivity (Wildman–Crippen MR) is 58.6 cm³/mol. The third-order valence-electron chi connectivity index (χ3n) is 2.55. The summed E-state index contributed by atoms with van der Waals surface area (Å²) in [7, 11) is -3.37. The van der Waals surface area contributed by atoms with E-state index in [-0.39, 0.29) is 18.1 Å². The van der Waals surface area contributed by atoms with Gasteiger partial charge in [0.2, 0.25) is 0 Å². The molecule has 2 unspecified atom stereocenters. The summed E-state index contributed by atoms with van der Waals surface area (Å²) < 4.78 is 27.5. The van der Waals surface area contributed by atoms with E-state index in [1.807, 2.05) is 6.92 Å². The molecule has 1 fully saturated rings. The Hall–Kier alpha value is -0.170. The van der Waals surface area contributed by atoms with E-state index in [2.05, 4.69) is 4.72 Å². The number of rotatable bonds is 3. The van der Waals surface area contributed by atoms with Crippen LogP contribution in [0.3, 0.4) is 0 Å². The highest BCUT2D eigenvalue weighted by Crippen LogP contribution is 2.18. The zero-order valence-electron chi connectivity index (χ0n) is 9.47. The normalized spacial score (nSPS) is 29.7. The van der Waals surface area contributed by atoms with Crippen LogP contribution in [0, 0.1) is 5.92 Å². The van der Waals surface area contributed by atoms with Gasteiger partial charge in [0.1, 0.15) is 0 Å². The van der Waals surface area contributed by atoms with Gasteiger partial charge in [-0.25, -0.2) is 0 Å². The Balaban J connectivity index is 2.65. The van der Waals surface area contributed by atoms with Crippen molar-refractivity contribution in [3.8, 4) is 0 Å². The van der Waals surface area contributed by atoms with E-state index in [9.17, 15) is 13.5 Å². The highest BCUT2D eigenvalue weighted by atomic mass is 32.2. The van der Waals surface area contributed by atoms with E-state index in [1.54, 1.807) is 13.8 Å². The highest BCUT2D eigenvalue weighted by molar-refractivity contribution is 7.87. The third kappa shape index (κ3) is 3.41. The number of aliphatic hydroxyl groups excluding tert-OH is 1. The summed E-state index contributed by atoms with van der Waals surface area (Å²) in [5.41, 5.74) is 0. The van der Waals surface area contributed by atoms with Crippen molar-refractivity contribution in [3.63, 3.8) is 0 Å². The van der Waals surface area contributed by atoms with Crippen LogP contribution in [0.15, 0.2) is 0 Å². The summed E-state index contributed by atoms with van der Waals surface area (Å²) in [5, 5.41) is 9.50. The molecule has 0 aliphatic carbocycles. The van der Waals surface area contributed by atoms with Crippen molar-refractivity contribution >= 4 is 10.2 Å². The molecule has 0 aromatic heterocycles. The quantitative estimate of drug-likeness (QED) is 0.721. The maximum absolute atomic E-state index is 11.8. The van der Waals surface area contributed by atoms with Crippen LogP contribution in [0.5, 0.6) is 0 Å². The van der Waals surface area contributed by atoms with E-state index in [0.29, 0.717) is 19.5 Å². The largest absolute Gasteiger partial charge is 0.393 e. The Morgan fingerprint density at radius 2 is 2.07 bits per heavy atom. The molecule has 1 aliphatic rings. The van der Waals surface area contributed by atoms with Crippen LogP contribution in [0.2, 0.25) is 0 Å². The van der Waals surface area contributed by atoms with Gasteiger partial charge in [0.15, 0.2) is 0 Å². The molecule has 1 heterocycles. The van der Waals surface area contributed by atoms with Gasteiger partial charge in [-0.1, -0.05) is 6.92 Å². The van der Waals surface area contributed by atoms with E-state index in [1.165, 1.54) is 4.31 Å². The van der Waals surface area contributed by atoms with E-state index >= 15 is 0 Å². The molecule has 15 heavy (non-hydrogen) atoms. The number of piperidine rings is 1. The molecule has 1 saturated heterocycles. The van der Waals surface area contributed by atoms with Crippen molar-refractivity contribution in [2.24, 2.45) is 5.92 Å². The van der Waals surface area contributed by atoms with E-state index in [4.69, 9.17) is 0 Å². The van der Waals surface area contributed by atoms with Crippen molar-refractivity contribution < 1.29 is 13.5 Å². The lowest BCUT2D eigenvalue weighted by Crippen LogP contribution is -2.50. The maximum Gasteiger partial charge on any atom is 0.279 e. The second kappa shape index (κ2) is 4.78. The lowest BCUT2D eigenvalue weighted by Gasteiger charge is -2.33. The zero-order valence-corrected chi connectivity index (χ0v) is 10.3. The van der Waals surface area contributed by atoms with E-state index in [0.717, 1.165) is 0 Å². The molecule has 90 valence electrons. The predicted octanol–water partition coefficient (Wildman–Crippen LogP) is -0.0681. The summed E-state index contributed by atoms with van der Waals surface area (Å²) in [5.74, 6) is 0.00230. The van der Waals surface area contributed by atoms with Crippen LogP contribution in [0.25, 0.3) is 0 Å². The van der Waals surface area contributed by atoms with Gasteiger partial charge < -0.3 is 5.11 Å². The van der Waals surface area contributed by atoms with Gasteiger partial charge in [0.25, 0.3) is 10.2 Å². The number of nitrogens with zero attached hydrogens (tertiary/aromatic N) is 1. The molecular weight excluding hydrogens is 216 g/mol. The van der Waals surface area contributed by atoms with Crippen LogP contribution < -0.4 is 4.72 Å². The minimum absolute atomic E-state index is 0.00230. The van der Waals surface area contributed by atoms with Gasteiger partial charge in [-0.05, 0) is 26.2 Å². The molecule has 2 atom stereocenters. The van der Waals surface area contributed by atoms with Crippen molar-refractivity contribution in [3.05, 3.63) is 0 Å². The molecule has 0 spiro atoms. The highest BCUT2D eigenvalue weighted by Gasteiger charge is 2.31. The smallest absolute Gasteiger partial charge is 0.279 e. The summed E-state index contributed by atoms with van der Waals surface area (Å²) >= 11 is 0. The fourth-order valence-electron chi connectivity index (χ4n) is 1.69. The molecule has 0 radical (unpaired) electrons. The van der Waals surface area contributed by atoms with Crippen LogP contribution in [0.1, 0.15) is 27.2 Å². The minimum Gasteiger partial charge on any atom is -0.393 e. The molecule has 1 rings (SSSR count). The molecule has 0 aromatic rings. The van der Waals surface area contributed by atoms with Crippen molar-refractivity contribution in [1.82, 2.24) is 9.03 Å². The minimum atomic E-state index is -3.37. The van der Waals surface area contributed by atoms with Crippen LogP contribution >= 0.6 is 0 Å². The van der Waals surface area contributed by atoms with Crippen molar-refractivity contribution in [2.75, 3.05) is 13.1 Å². The molecule has 0 amide bonds. The molecule has 0 bridgehead atoms. The monoisotopic (exact) mass is 236 g/mol. The number of aliphatic hydroxyl groups is 1. The van der Waals surface area contributed by atoms with Gasteiger partial charge in [-0.3, -0.25) is 0 Å². The Morgan fingerprint density at radius 1 is 1.47 bits per heavy atom. The van der Waals surface area contributed by atoms with Crippen LogP contribution in [0.4, 0.5) is 0 Å². The molecule has 5 nitrogen and oxygen atoms in total. The second-order valence-corrected chi connectivity index (χ2v) is 6.17. The van der Waals surface area contributed by atoms with Gasteiger partial charge >= 0.3 is 0 Å². The Bertz CT molecular complexity index is 302. The topological polar surface area (TPSA) is 69.6 Å². The van der Waals surface area contributed by atoms with Gasteiger partial charge in [0.05, 0.1) is 6.10 Å². The molecule has 0 saturated carbocycles. The van der Waals surface area contributed by atoms with Gasteiger partial charge in [-0.15, -0.1) is 0 Å². The summed E-state index contributed by atoms with van der Waals surface area (Å²) in [6.45, 7) is 6.23. The van der Waals surface area contributed by atoms with E-state index < -0.39 is 10.2 Å². The van der Waals surface area contributed by atoms with Crippen LogP contribution in [-0.4, -0.2) is 43.1 Å². The summed E-state index contributed by atoms with van der Waals surface area (Å²) in [6, 6.07) is -0.0999. The molecule has 0 aromatic carbocycles. The SMILES string of the molecule is CC(C)NS(=O)(=O)N1CCC(O)C(C)C1. The fraction of sp³-hybridized carbons (Fsp3) is 1.00. The van der Waals surface area contributed by atoms with Crippen molar-refractivity contribution in [2.45, 2.75) is 39.3 Å². The first-order chi connectivity index (χ1) is 6.83. The zero-order chi connectivity index (χ0) is 11.6. The maximum atomic E-state index is 11.8. The first kappa shape index (κ1) is 12.9. The molecule has 2 N–H and O–H groups in total. The average molecular weight is 236 g/mol. The Morgan fingerprint density at radius 3 is 2.53 bits per heavy atom. The van der Waals surface area contributed by atoms with Gasteiger partial charge in [0, 0.05) is 19.1 Å².